The summed E-state index contributed by atoms with van der Waals surface area (Å²) in [6.45, 7) is 4.54. The van der Waals surface area contributed by atoms with E-state index in [1.165, 1.54) is 5.56 Å². The average molecular weight is 346 g/mol. The van der Waals surface area contributed by atoms with Crippen molar-refractivity contribution >= 4 is 5.91 Å². The zero-order chi connectivity index (χ0) is 17.6. The van der Waals surface area contributed by atoms with Crippen LogP contribution >= 0.6 is 0 Å². The monoisotopic (exact) mass is 346 g/mol. The van der Waals surface area contributed by atoms with Gasteiger partial charge in [-0.15, -0.1) is 0 Å². The Bertz CT molecular complexity index is 554. The van der Waals surface area contributed by atoms with Gasteiger partial charge in [-0.05, 0) is 43.4 Å². The van der Waals surface area contributed by atoms with Gasteiger partial charge in [0.1, 0.15) is 0 Å². The number of aromatic nitrogens is 1. The molecule has 0 aromatic carbocycles. The number of nitrogens with zero attached hydrogens (tertiary/aromatic N) is 3. The Morgan fingerprint density at radius 2 is 2.04 bits per heavy atom. The fourth-order valence-corrected chi connectivity index (χ4v) is 4.00. The van der Waals surface area contributed by atoms with E-state index < -0.39 is 0 Å². The summed E-state index contributed by atoms with van der Waals surface area (Å²) in [5, 5.41) is 0. The predicted octanol–water partition coefficient (Wildman–Crippen LogP) is 1.26. The van der Waals surface area contributed by atoms with Crippen LogP contribution in [0.25, 0.3) is 0 Å². The Labute approximate surface area is 150 Å². The van der Waals surface area contributed by atoms with E-state index in [2.05, 4.69) is 26.9 Å². The largest absolute Gasteiger partial charge is 0.380 e. The Balaban J connectivity index is 1.53. The summed E-state index contributed by atoms with van der Waals surface area (Å²) in [4.78, 5) is 21.5. The van der Waals surface area contributed by atoms with Gasteiger partial charge >= 0.3 is 0 Å². The Kier molecular flexibility index (Phi) is 6.39. The van der Waals surface area contributed by atoms with Crippen LogP contribution in [0.15, 0.2) is 24.5 Å². The van der Waals surface area contributed by atoms with Crippen molar-refractivity contribution in [1.82, 2.24) is 14.8 Å². The number of pyridine rings is 1. The summed E-state index contributed by atoms with van der Waals surface area (Å²) in [5.41, 5.74) is 7.36. The van der Waals surface area contributed by atoms with E-state index in [4.69, 9.17) is 10.5 Å². The minimum absolute atomic E-state index is 0.0119. The molecule has 0 bridgehead atoms. The summed E-state index contributed by atoms with van der Waals surface area (Å²) >= 11 is 0. The molecule has 1 amide bonds. The second kappa shape index (κ2) is 8.74. The summed E-state index contributed by atoms with van der Waals surface area (Å²) in [6, 6.07) is 4.18. The topological polar surface area (TPSA) is 71.7 Å². The molecule has 25 heavy (non-hydrogen) atoms. The first-order valence-electron chi connectivity index (χ1n) is 9.36. The minimum Gasteiger partial charge on any atom is -0.380 e. The van der Waals surface area contributed by atoms with Crippen molar-refractivity contribution < 1.29 is 9.53 Å². The molecule has 2 heterocycles. The number of nitrogens with two attached hydrogens (primary N) is 1. The van der Waals surface area contributed by atoms with Gasteiger partial charge in [-0.3, -0.25) is 14.7 Å². The Hall–Kier alpha value is -1.50. The fourth-order valence-electron chi connectivity index (χ4n) is 4.00. The molecule has 1 saturated carbocycles. The summed E-state index contributed by atoms with van der Waals surface area (Å²) in [7, 11) is 1.69. The summed E-state index contributed by atoms with van der Waals surface area (Å²) < 4.78 is 5.47. The van der Waals surface area contributed by atoms with Gasteiger partial charge in [0, 0.05) is 64.2 Å². The molecule has 3 rings (SSSR count). The van der Waals surface area contributed by atoms with Gasteiger partial charge in [-0.25, -0.2) is 0 Å². The lowest BCUT2D eigenvalue weighted by atomic mass is 9.83. The standard InChI is InChI=1S/C19H30N4O2/c1-25-18-13-16(3-4-17(18)20)19(24)23-10-2-9-22(11-12-23)14-15-5-7-21-8-6-15/h5-8,16-18H,2-4,9-14,20H2,1H3/t16-,17+,18+/m0/s1. The second-order valence-corrected chi connectivity index (χ2v) is 7.26. The van der Waals surface area contributed by atoms with Crippen molar-refractivity contribution in [2.45, 2.75) is 44.4 Å². The maximum Gasteiger partial charge on any atom is 0.225 e. The zero-order valence-corrected chi connectivity index (χ0v) is 15.1. The predicted molar refractivity (Wildman–Crippen MR) is 96.8 cm³/mol. The minimum atomic E-state index is 0.0119. The average Bonchev–Trinajstić information content (AvgIpc) is 2.88. The first-order chi connectivity index (χ1) is 12.2. The van der Waals surface area contributed by atoms with Crippen LogP contribution in [0.5, 0.6) is 0 Å². The third-order valence-electron chi connectivity index (χ3n) is 5.55. The molecule has 1 saturated heterocycles. The highest BCUT2D eigenvalue weighted by atomic mass is 16.5. The van der Waals surface area contributed by atoms with E-state index in [1.807, 2.05) is 12.4 Å². The third-order valence-corrected chi connectivity index (χ3v) is 5.55. The SMILES string of the molecule is CO[C@@H]1C[C@@H](C(=O)N2CCCN(Cc3ccncc3)CC2)CC[C@H]1N. The highest BCUT2D eigenvalue weighted by Crippen LogP contribution is 2.27. The van der Waals surface area contributed by atoms with Gasteiger partial charge in [-0.2, -0.15) is 0 Å². The van der Waals surface area contributed by atoms with Crippen LogP contribution < -0.4 is 5.73 Å². The number of rotatable bonds is 4. The molecular formula is C19H30N4O2. The molecule has 3 atom stereocenters. The van der Waals surface area contributed by atoms with Crippen LogP contribution in [0.1, 0.15) is 31.2 Å². The van der Waals surface area contributed by atoms with Gasteiger partial charge in [0.25, 0.3) is 0 Å². The maximum atomic E-state index is 12.9. The van der Waals surface area contributed by atoms with Crippen LogP contribution in [-0.4, -0.2) is 66.1 Å². The number of methoxy groups -OCH3 is 1. The molecule has 0 spiro atoms. The molecule has 0 radical (unpaired) electrons. The normalized spacial score (nSPS) is 28.6. The first kappa shape index (κ1) is 18.3. The zero-order valence-electron chi connectivity index (χ0n) is 15.1. The van der Waals surface area contributed by atoms with E-state index in [-0.39, 0.29) is 18.1 Å². The van der Waals surface area contributed by atoms with Crippen molar-refractivity contribution in [3.63, 3.8) is 0 Å². The molecule has 1 aromatic heterocycles. The van der Waals surface area contributed by atoms with Gasteiger partial charge in [-0.1, -0.05) is 0 Å². The van der Waals surface area contributed by atoms with Crippen molar-refractivity contribution in [2.75, 3.05) is 33.3 Å². The number of carbonyl (C=O) groups excluding carboxylic acids is 1. The van der Waals surface area contributed by atoms with Gasteiger partial charge in [0.05, 0.1) is 6.10 Å². The van der Waals surface area contributed by atoms with Crippen molar-refractivity contribution in [2.24, 2.45) is 11.7 Å². The van der Waals surface area contributed by atoms with Crippen LogP contribution in [-0.2, 0) is 16.1 Å². The highest BCUT2D eigenvalue weighted by Gasteiger charge is 2.34. The third kappa shape index (κ3) is 4.77. The smallest absolute Gasteiger partial charge is 0.225 e. The Morgan fingerprint density at radius 3 is 2.80 bits per heavy atom. The molecular weight excluding hydrogens is 316 g/mol. The lowest BCUT2D eigenvalue weighted by Crippen LogP contribution is -2.47. The summed E-state index contributed by atoms with van der Waals surface area (Å²) in [6.07, 6.45) is 7.22. The quantitative estimate of drug-likeness (QED) is 0.889. The molecule has 1 aliphatic carbocycles. The molecule has 6 nitrogen and oxygen atoms in total. The molecule has 138 valence electrons. The molecule has 2 N–H and O–H groups in total. The lowest BCUT2D eigenvalue weighted by molar-refractivity contribution is -0.138. The molecule has 6 heteroatoms. The molecule has 0 unspecified atom stereocenters. The van der Waals surface area contributed by atoms with Gasteiger partial charge < -0.3 is 15.4 Å². The Morgan fingerprint density at radius 1 is 1.24 bits per heavy atom. The number of amides is 1. The van der Waals surface area contributed by atoms with Crippen molar-refractivity contribution in [3.8, 4) is 0 Å². The van der Waals surface area contributed by atoms with Gasteiger partial charge in [0.15, 0.2) is 0 Å². The molecule has 2 aliphatic rings. The first-order valence-corrected chi connectivity index (χ1v) is 9.36. The number of hydrogen-bond acceptors (Lipinski definition) is 5. The van der Waals surface area contributed by atoms with Crippen molar-refractivity contribution in [1.29, 1.82) is 0 Å². The van der Waals surface area contributed by atoms with E-state index >= 15 is 0 Å². The number of ether oxygens (including phenoxy) is 1. The van der Waals surface area contributed by atoms with E-state index in [1.54, 1.807) is 7.11 Å². The van der Waals surface area contributed by atoms with E-state index in [9.17, 15) is 4.79 Å². The van der Waals surface area contributed by atoms with Crippen LogP contribution in [0.4, 0.5) is 0 Å². The summed E-state index contributed by atoms with van der Waals surface area (Å²) in [5.74, 6) is 0.358. The second-order valence-electron chi connectivity index (χ2n) is 7.26. The molecule has 1 aliphatic heterocycles. The maximum absolute atomic E-state index is 12.9. The molecule has 2 fully saturated rings. The lowest BCUT2D eigenvalue weighted by Gasteiger charge is -2.35. The van der Waals surface area contributed by atoms with E-state index in [0.717, 1.165) is 58.4 Å². The van der Waals surface area contributed by atoms with Gasteiger partial charge in [0.2, 0.25) is 5.91 Å². The highest BCUT2D eigenvalue weighted by molar-refractivity contribution is 5.79. The van der Waals surface area contributed by atoms with Crippen LogP contribution in [0.3, 0.4) is 0 Å². The van der Waals surface area contributed by atoms with E-state index in [0.29, 0.717) is 5.91 Å². The molecule has 1 aromatic rings. The fraction of sp³-hybridized carbons (Fsp3) is 0.684. The van der Waals surface area contributed by atoms with Crippen LogP contribution in [0, 0.1) is 5.92 Å². The van der Waals surface area contributed by atoms with Crippen LogP contribution in [0.2, 0.25) is 0 Å². The van der Waals surface area contributed by atoms with Crippen molar-refractivity contribution in [3.05, 3.63) is 30.1 Å². The number of carbonyl (C=O) groups is 1. The number of hydrogen-bond donors (Lipinski definition) is 1.